The summed E-state index contributed by atoms with van der Waals surface area (Å²) in [6.07, 6.45) is 4.58. The van der Waals surface area contributed by atoms with Crippen molar-refractivity contribution >= 4 is 23.4 Å². The molecule has 3 heterocycles. The molecule has 4 rings (SSSR count). The number of hydrogen-bond acceptors (Lipinski definition) is 5. The molecule has 1 atom stereocenters. The van der Waals surface area contributed by atoms with Gasteiger partial charge in [0, 0.05) is 32.2 Å². The van der Waals surface area contributed by atoms with E-state index in [1.54, 1.807) is 17.2 Å². The third-order valence-corrected chi connectivity index (χ3v) is 6.04. The van der Waals surface area contributed by atoms with Crippen molar-refractivity contribution in [3.63, 3.8) is 0 Å². The van der Waals surface area contributed by atoms with E-state index in [4.69, 9.17) is 4.74 Å². The summed E-state index contributed by atoms with van der Waals surface area (Å²) in [6, 6.07) is 11.6. The molecule has 0 saturated carbocycles. The molecule has 1 N–H and O–H groups in total. The minimum atomic E-state index is -0.399. The fraction of sp³-hybridized carbons (Fsp3) is 0.478. The number of piperidine rings is 1. The molecule has 0 radical (unpaired) electrons. The average Bonchev–Trinajstić information content (AvgIpc) is 3.50. The second kappa shape index (κ2) is 9.87. The molecule has 0 unspecified atom stereocenters. The zero-order valence-corrected chi connectivity index (χ0v) is 17.5. The maximum atomic E-state index is 12.6. The molecule has 1 aromatic carbocycles. The van der Waals surface area contributed by atoms with E-state index >= 15 is 0 Å². The largest absolute Gasteiger partial charge is 0.381 e. The van der Waals surface area contributed by atoms with Gasteiger partial charge in [0.05, 0.1) is 24.8 Å². The second-order valence-electron chi connectivity index (χ2n) is 8.14. The van der Waals surface area contributed by atoms with Gasteiger partial charge in [0.2, 0.25) is 11.7 Å². The van der Waals surface area contributed by atoms with Crippen LogP contribution in [-0.2, 0) is 25.5 Å². The number of aromatic nitrogens is 2. The number of ether oxygens (including phenoxy) is 1. The van der Waals surface area contributed by atoms with Crippen LogP contribution in [0.25, 0.3) is 0 Å². The number of nitrogens with zero attached hydrogens (tertiary/aromatic N) is 3. The van der Waals surface area contributed by atoms with Gasteiger partial charge in [-0.25, -0.2) is 4.68 Å². The third-order valence-electron chi connectivity index (χ3n) is 6.04. The number of amides is 2. The van der Waals surface area contributed by atoms with Gasteiger partial charge in [0.25, 0.3) is 5.91 Å². The highest BCUT2D eigenvalue weighted by atomic mass is 16.5. The Hall–Kier alpha value is -3.00. The number of carbonyl (C=O) groups excluding carboxylic acids is 3. The standard InChI is InChI=1S/C23H28N4O4/c28-20(7-6-17-4-2-1-3-5-17)23(30)26-13-9-19(10-14-26)27-21(8-12-24-27)25-22(29)18-11-15-31-16-18/h1-5,8,12,18-19H,6-7,9-11,13-16H2,(H,25,29)/t18-/m1/s1. The predicted molar refractivity (Wildman–Crippen MR) is 114 cm³/mol. The topological polar surface area (TPSA) is 93.5 Å². The van der Waals surface area contributed by atoms with Gasteiger partial charge in [0.1, 0.15) is 5.82 Å². The fourth-order valence-electron chi connectivity index (χ4n) is 4.17. The Bertz CT molecular complexity index is 913. The zero-order valence-electron chi connectivity index (χ0n) is 17.5. The highest BCUT2D eigenvalue weighted by Gasteiger charge is 2.29. The summed E-state index contributed by atoms with van der Waals surface area (Å²) in [4.78, 5) is 39.0. The summed E-state index contributed by atoms with van der Waals surface area (Å²) in [6.45, 7) is 2.08. The van der Waals surface area contributed by atoms with Gasteiger partial charge < -0.3 is 15.0 Å². The fourth-order valence-corrected chi connectivity index (χ4v) is 4.17. The van der Waals surface area contributed by atoms with Crippen molar-refractivity contribution in [2.45, 2.75) is 38.1 Å². The van der Waals surface area contributed by atoms with Gasteiger partial charge in [-0.1, -0.05) is 30.3 Å². The van der Waals surface area contributed by atoms with Gasteiger partial charge in [-0.3, -0.25) is 14.4 Å². The summed E-state index contributed by atoms with van der Waals surface area (Å²) in [5, 5.41) is 7.35. The van der Waals surface area contributed by atoms with Gasteiger partial charge in [0.15, 0.2) is 0 Å². The molecule has 2 aliphatic rings. The van der Waals surface area contributed by atoms with Crippen LogP contribution < -0.4 is 5.32 Å². The maximum absolute atomic E-state index is 12.6. The molecule has 164 valence electrons. The first kappa shape index (κ1) is 21.2. The highest BCUT2D eigenvalue weighted by molar-refractivity contribution is 6.36. The van der Waals surface area contributed by atoms with Crippen molar-refractivity contribution in [3.8, 4) is 0 Å². The monoisotopic (exact) mass is 424 g/mol. The van der Waals surface area contributed by atoms with Crippen molar-refractivity contribution in [2.24, 2.45) is 5.92 Å². The summed E-state index contributed by atoms with van der Waals surface area (Å²) in [5.74, 6) is -0.237. The van der Waals surface area contributed by atoms with Crippen LogP contribution in [0, 0.1) is 5.92 Å². The first-order valence-corrected chi connectivity index (χ1v) is 10.9. The predicted octanol–water partition coefficient (Wildman–Crippen LogP) is 2.22. The number of likely N-dealkylation sites (tertiary alicyclic amines) is 1. The lowest BCUT2D eigenvalue weighted by atomic mass is 10.0. The van der Waals surface area contributed by atoms with E-state index in [0.717, 1.165) is 12.0 Å². The molecule has 2 aromatic rings. The van der Waals surface area contributed by atoms with E-state index in [1.165, 1.54) is 0 Å². The van der Waals surface area contributed by atoms with E-state index in [0.29, 0.717) is 51.4 Å². The lowest BCUT2D eigenvalue weighted by molar-refractivity contribution is -0.145. The molecule has 1 aromatic heterocycles. The van der Waals surface area contributed by atoms with Crippen LogP contribution in [0.2, 0.25) is 0 Å². The van der Waals surface area contributed by atoms with Crippen molar-refractivity contribution < 1.29 is 19.1 Å². The number of anilines is 1. The van der Waals surface area contributed by atoms with E-state index < -0.39 is 5.91 Å². The smallest absolute Gasteiger partial charge is 0.289 e. The third kappa shape index (κ3) is 5.19. The number of benzene rings is 1. The minimum Gasteiger partial charge on any atom is -0.381 e. The summed E-state index contributed by atoms with van der Waals surface area (Å²) < 4.78 is 7.12. The SMILES string of the molecule is O=C(CCc1ccccc1)C(=O)N1CCC(n2nccc2NC(=O)[C@@H]2CCOC2)CC1. The molecule has 0 aliphatic carbocycles. The maximum Gasteiger partial charge on any atom is 0.289 e. The van der Waals surface area contributed by atoms with Gasteiger partial charge in [-0.15, -0.1) is 0 Å². The Morgan fingerprint density at radius 1 is 1.06 bits per heavy atom. The molecule has 8 heteroatoms. The molecule has 31 heavy (non-hydrogen) atoms. The van der Waals surface area contributed by atoms with Gasteiger partial charge >= 0.3 is 0 Å². The Morgan fingerprint density at radius 3 is 2.55 bits per heavy atom. The van der Waals surface area contributed by atoms with Crippen molar-refractivity contribution in [2.75, 3.05) is 31.6 Å². The normalized spacial score (nSPS) is 19.4. The number of nitrogens with one attached hydrogen (secondary N) is 1. The molecule has 2 saturated heterocycles. The number of carbonyl (C=O) groups is 3. The lowest BCUT2D eigenvalue weighted by Crippen LogP contribution is -2.42. The molecule has 2 fully saturated rings. The van der Waals surface area contributed by atoms with Crippen molar-refractivity contribution in [3.05, 3.63) is 48.2 Å². The van der Waals surface area contributed by atoms with Crippen LogP contribution in [0.4, 0.5) is 5.82 Å². The summed E-state index contributed by atoms with van der Waals surface area (Å²) >= 11 is 0. The molecule has 2 aliphatic heterocycles. The first-order valence-electron chi connectivity index (χ1n) is 10.9. The van der Waals surface area contributed by atoms with Crippen LogP contribution >= 0.6 is 0 Å². The Morgan fingerprint density at radius 2 is 1.84 bits per heavy atom. The van der Waals surface area contributed by atoms with Crippen molar-refractivity contribution in [1.82, 2.24) is 14.7 Å². The number of rotatable bonds is 7. The van der Waals surface area contributed by atoms with Crippen LogP contribution in [-0.4, -0.2) is 58.6 Å². The average molecular weight is 425 g/mol. The molecule has 2 amide bonds. The Balaban J connectivity index is 1.28. The highest BCUT2D eigenvalue weighted by Crippen LogP contribution is 2.26. The van der Waals surface area contributed by atoms with E-state index in [2.05, 4.69) is 10.4 Å². The van der Waals surface area contributed by atoms with Crippen LogP contribution in [0.15, 0.2) is 42.6 Å². The van der Waals surface area contributed by atoms with Crippen LogP contribution in [0.1, 0.15) is 37.3 Å². The molecule has 8 nitrogen and oxygen atoms in total. The Kier molecular flexibility index (Phi) is 6.76. The first-order chi connectivity index (χ1) is 15.1. The number of aryl methyl sites for hydroxylation is 1. The minimum absolute atomic E-state index is 0.0455. The van der Waals surface area contributed by atoms with Gasteiger partial charge in [-0.05, 0) is 31.2 Å². The van der Waals surface area contributed by atoms with Crippen LogP contribution in [0.3, 0.4) is 0 Å². The second-order valence-corrected chi connectivity index (χ2v) is 8.14. The number of Topliss-reactive ketones (excluding diaryl/α,β-unsaturated/α-hetero) is 1. The number of ketones is 1. The van der Waals surface area contributed by atoms with E-state index in [1.807, 2.05) is 35.0 Å². The summed E-state index contributed by atoms with van der Waals surface area (Å²) in [7, 11) is 0. The van der Waals surface area contributed by atoms with E-state index in [9.17, 15) is 14.4 Å². The van der Waals surface area contributed by atoms with Crippen molar-refractivity contribution in [1.29, 1.82) is 0 Å². The molecular weight excluding hydrogens is 396 g/mol. The molecule has 0 bridgehead atoms. The molecular formula is C23H28N4O4. The zero-order chi connectivity index (χ0) is 21.6. The lowest BCUT2D eigenvalue weighted by Gasteiger charge is -2.32. The quantitative estimate of drug-likeness (QED) is 0.688. The number of hydrogen-bond donors (Lipinski definition) is 1. The molecule has 0 spiro atoms. The Labute approximate surface area is 181 Å². The van der Waals surface area contributed by atoms with Gasteiger partial charge in [-0.2, -0.15) is 5.10 Å². The van der Waals surface area contributed by atoms with Crippen LogP contribution in [0.5, 0.6) is 0 Å². The summed E-state index contributed by atoms with van der Waals surface area (Å²) in [5.41, 5.74) is 1.06. The van der Waals surface area contributed by atoms with E-state index in [-0.39, 0.29) is 30.1 Å².